The van der Waals surface area contributed by atoms with Crippen LogP contribution in [0.2, 0.25) is 0 Å². The van der Waals surface area contributed by atoms with Crippen molar-refractivity contribution in [3.05, 3.63) is 30.3 Å². The van der Waals surface area contributed by atoms with Crippen molar-refractivity contribution in [1.82, 2.24) is 14.5 Å². The normalized spacial score (nSPS) is 21.1. The van der Waals surface area contributed by atoms with Crippen molar-refractivity contribution < 1.29 is 13.2 Å². The third-order valence-electron chi connectivity index (χ3n) is 5.05. The Hall–Kier alpha value is -1.44. The predicted molar refractivity (Wildman–Crippen MR) is 96.7 cm³/mol. The molecule has 7 heteroatoms. The maximum Gasteiger partial charge on any atom is 0.243 e. The number of nitrogens with one attached hydrogen (secondary N) is 1. The lowest BCUT2D eigenvalue weighted by Gasteiger charge is -2.34. The molecule has 1 saturated carbocycles. The Labute approximate surface area is 150 Å². The first kappa shape index (κ1) is 18.4. The summed E-state index contributed by atoms with van der Waals surface area (Å²) >= 11 is 0. The molecule has 0 unspecified atom stereocenters. The van der Waals surface area contributed by atoms with Crippen molar-refractivity contribution in [2.75, 3.05) is 32.7 Å². The van der Waals surface area contributed by atoms with Crippen LogP contribution in [0.4, 0.5) is 0 Å². The van der Waals surface area contributed by atoms with E-state index in [2.05, 4.69) is 5.32 Å². The molecular weight excluding hydrogens is 338 g/mol. The van der Waals surface area contributed by atoms with Crippen LogP contribution in [0, 0.1) is 0 Å². The molecular formula is C18H27N3O3S. The molecule has 0 aromatic heterocycles. The second-order valence-electron chi connectivity index (χ2n) is 6.90. The molecule has 0 radical (unpaired) electrons. The van der Waals surface area contributed by atoms with Gasteiger partial charge in [0.05, 0.1) is 11.4 Å². The van der Waals surface area contributed by atoms with E-state index >= 15 is 0 Å². The highest BCUT2D eigenvalue weighted by Gasteiger charge is 2.29. The Morgan fingerprint density at radius 2 is 1.64 bits per heavy atom. The topological polar surface area (TPSA) is 69.7 Å². The molecule has 1 aromatic rings. The van der Waals surface area contributed by atoms with Gasteiger partial charge in [0.2, 0.25) is 15.9 Å². The van der Waals surface area contributed by atoms with E-state index in [1.807, 2.05) is 11.0 Å². The molecule has 1 amide bonds. The van der Waals surface area contributed by atoms with Gasteiger partial charge in [-0.1, -0.05) is 37.5 Å². The summed E-state index contributed by atoms with van der Waals surface area (Å²) in [4.78, 5) is 14.6. The van der Waals surface area contributed by atoms with Crippen LogP contribution in [0.3, 0.4) is 0 Å². The minimum atomic E-state index is -3.43. The maximum absolute atomic E-state index is 12.6. The van der Waals surface area contributed by atoms with Crippen LogP contribution in [-0.4, -0.2) is 62.3 Å². The highest BCUT2D eigenvalue weighted by atomic mass is 32.2. The Morgan fingerprint density at radius 3 is 2.28 bits per heavy atom. The van der Waals surface area contributed by atoms with Crippen LogP contribution in [0.15, 0.2) is 35.2 Å². The molecule has 1 heterocycles. The van der Waals surface area contributed by atoms with Gasteiger partial charge < -0.3 is 5.32 Å². The van der Waals surface area contributed by atoms with Gasteiger partial charge in [0, 0.05) is 32.2 Å². The zero-order valence-electron chi connectivity index (χ0n) is 14.6. The molecule has 3 rings (SSSR count). The second-order valence-corrected chi connectivity index (χ2v) is 8.83. The number of amides is 1. The number of sulfonamides is 1. The number of piperazine rings is 1. The summed E-state index contributed by atoms with van der Waals surface area (Å²) in [6.07, 6.45) is 5.82. The first-order valence-electron chi connectivity index (χ1n) is 9.12. The summed E-state index contributed by atoms with van der Waals surface area (Å²) in [7, 11) is -3.43. The Morgan fingerprint density at radius 1 is 1.00 bits per heavy atom. The lowest BCUT2D eigenvalue weighted by Crippen LogP contribution is -2.51. The van der Waals surface area contributed by atoms with E-state index in [0.29, 0.717) is 43.7 Å². The number of benzene rings is 1. The van der Waals surface area contributed by atoms with Gasteiger partial charge >= 0.3 is 0 Å². The van der Waals surface area contributed by atoms with Gasteiger partial charge in [-0.25, -0.2) is 8.42 Å². The Kier molecular flexibility index (Phi) is 6.09. The molecule has 138 valence electrons. The lowest BCUT2D eigenvalue weighted by molar-refractivity contribution is -0.123. The van der Waals surface area contributed by atoms with Crippen LogP contribution >= 0.6 is 0 Å². The summed E-state index contributed by atoms with van der Waals surface area (Å²) in [5.41, 5.74) is 0. The molecule has 1 aliphatic carbocycles. The minimum Gasteiger partial charge on any atom is -0.352 e. The summed E-state index contributed by atoms with van der Waals surface area (Å²) < 4.78 is 26.7. The molecule has 1 saturated heterocycles. The number of hydrogen-bond acceptors (Lipinski definition) is 4. The minimum absolute atomic E-state index is 0.0614. The predicted octanol–water partition coefficient (Wildman–Crippen LogP) is 1.44. The fraction of sp³-hybridized carbons (Fsp3) is 0.611. The van der Waals surface area contributed by atoms with Gasteiger partial charge in [0.1, 0.15) is 0 Å². The van der Waals surface area contributed by atoms with Crippen molar-refractivity contribution >= 4 is 15.9 Å². The van der Waals surface area contributed by atoms with E-state index < -0.39 is 10.0 Å². The third-order valence-corrected chi connectivity index (χ3v) is 6.96. The second kappa shape index (κ2) is 8.29. The van der Waals surface area contributed by atoms with Gasteiger partial charge in [-0.2, -0.15) is 4.31 Å². The van der Waals surface area contributed by atoms with E-state index in [1.165, 1.54) is 23.6 Å². The Balaban J connectivity index is 1.47. The monoisotopic (exact) mass is 365 g/mol. The number of nitrogens with zero attached hydrogens (tertiary/aromatic N) is 2. The van der Waals surface area contributed by atoms with Gasteiger partial charge in [-0.3, -0.25) is 9.69 Å². The van der Waals surface area contributed by atoms with Crippen molar-refractivity contribution in [3.8, 4) is 0 Å². The summed E-state index contributed by atoms with van der Waals surface area (Å²) in [5, 5.41) is 3.12. The van der Waals surface area contributed by atoms with Crippen molar-refractivity contribution in [1.29, 1.82) is 0 Å². The third kappa shape index (κ3) is 4.80. The van der Waals surface area contributed by atoms with Crippen LogP contribution in [-0.2, 0) is 14.8 Å². The quantitative estimate of drug-likeness (QED) is 0.857. The first-order chi connectivity index (χ1) is 12.1. The number of carbonyl (C=O) groups is 1. The lowest BCUT2D eigenvalue weighted by atomic mass is 9.95. The van der Waals surface area contributed by atoms with E-state index in [1.54, 1.807) is 24.3 Å². The molecule has 1 aromatic carbocycles. The van der Waals surface area contributed by atoms with Crippen LogP contribution in [0.5, 0.6) is 0 Å². The van der Waals surface area contributed by atoms with Crippen LogP contribution in [0.25, 0.3) is 0 Å². The average Bonchev–Trinajstić information content (AvgIpc) is 2.63. The number of rotatable bonds is 5. The Bertz CT molecular complexity index is 664. The highest BCUT2D eigenvalue weighted by Crippen LogP contribution is 2.18. The largest absolute Gasteiger partial charge is 0.352 e. The average molecular weight is 365 g/mol. The van der Waals surface area contributed by atoms with E-state index in [4.69, 9.17) is 0 Å². The smallest absolute Gasteiger partial charge is 0.243 e. The molecule has 2 aliphatic rings. The van der Waals surface area contributed by atoms with Crippen LogP contribution < -0.4 is 5.32 Å². The maximum atomic E-state index is 12.6. The fourth-order valence-corrected chi connectivity index (χ4v) is 5.04. The molecule has 6 nitrogen and oxygen atoms in total. The van der Waals surface area contributed by atoms with Gasteiger partial charge in [-0.05, 0) is 25.0 Å². The van der Waals surface area contributed by atoms with Crippen molar-refractivity contribution in [2.24, 2.45) is 0 Å². The summed E-state index contributed by atoms with van der Waals surface area (Å²) in [6, 6.07) is 8.85. The van der Waals surface area contributed by atoms with E-state index in [0.717, 1.165) is 12.8 Å². The zero-order chi connectivity index (χ0) is 17.7. The molecule has 1 N–H and O–H groups in total. The standard InChI is InChI=1S/C18H27N3O3S/c22-18(19-16-7-3-1-4-8-16)15-20-11-13-21(14-12-20)25(23,24)17-9-5-2-6-10-17/h2,5-6,9-10,16H,1,3-4,7-8,11-15H2,(H,19,22). The van der Waals surface area contributed by atoms with Crippen molar-refractivity contribution in [2.45, 2.75) is 43.0 Å². The van der Waals surface area contributed by atoms with Crippen molar-refractivity contribution in [3.63, 3.8) is 0 Å². The fourth-order valence-electron chi connectivity index (χ4n) is 3.59. The van der Waals surface area contributed by atoms with E-state index in [9.17, 15) is 13.2 Å². The zero-order valence-corrected chi connectivity index (χ0v) is 15.4. The van der Waals surface area contributed by atoms with Gasteiger partial charge in [0.15, 0.2) is 0 Å². The number of hydrogen-bond donors (Lipinski definition) is 1. The van der Waals surface area contributed by atoms with Gasteiger partial charge in [0.25, 0.3) is 0 Å². The molecule has 0 atom stereocenters. The molecule has 1 aliphatic heterocycles. The first-order valence-corrected chi connectivity index (χ1v) is 10.6. The number of carbonyl (C=O) groups excluding carboxylic acids is 1. The molecule has 25 heavy (non-hydrogen) atoms. The summed E-state index contributed by atoms with van der Waals surface area (Å²) in [6.45, 7) is 2.38. The van der Waals surface area contributed by atoms with Gasteiger partial charge in [-0.15, -0.1) is 0 Å². The van der Waals surface area contributed by atoms with Crippen LogP contribution in [0.1, 0.15) is 32.1 Å². The summed E-state index contributed by atoms with van der Waals surface area (Å²) in [5.74, 6) is 0.0614. The molecule has 0 spiro atoms. The highest BCUT2D eigenvalue weighted by molar-refractivity contribution is 7.89. The SMILES string of the molecule is O=C(CN1CCN(S(=O)(=O)c2ccccc2)CC1)NC1CCCCC1. The molecule has 2 fully saturated rings. The van der Waals surface area contributed by atoms with E-state index in [-0.39, 0.29) is 5.91 Å². The molecule has 0 bridgehead atoms.